The summed E-state index contributed by atoms with van der Waals surface area (Å²) in [5, 5.41) is 3.70. The first-order valence-corrected chi connectivity index (χ1v) is 11.4. The zero-order valence-corrected chi connectivity index (χ0v) is 18.0. The van der Waals surface area contributed by atoms with Gasteiger partial charge in [0.2, 0.25) is 5.91 Å². The van der Waals surface area contributed by atoms with Crippen molar-refractivity contribution < 1.29 is 19.1 Å². The molecule has 4 amide bonds. The number of nitrogens with one attached hydrogen (secondary N) is 2. The summed E-state index contributed by atoms with van der Waals surface area (Å²) in [7, 11) is 0. The van der Waals surface area contributed by atoms with Gasteiger partial charge in [0.05, 0.1) is 6.10 Å². The molecule has 8 heteroatoms. The van der Waals surface area contributed by atoms with Crippen LogP contribution in [0, 0.1) is 0 Å². The van der Waals surface area contributed by atoms with Gasteiger partial charge in [0.25, 0.3) is 5.91 Å². The lowest BCUT2D eigenvalue weighted by Crippen LogP contribution is -2.51. The van der Waals surface area contributed by atoms with Gasteiger partial charge in [0.1, 0.15) is 5.54 Å². The van der Waals surface area contributed by atoms with Gasteiger partial charge < -0.3 is 10.1 Å². The van der Waals surface area contributed by atoms with Crippen molar-refractivity contribution in [3.63, 3.8) is 0 Å². The third-order valence-corrected chi connectivity index (χ3v) is 6.50. The lowest BCUT2D eigenvalue weighted by atomic mass is 9.82. The average molecular weight is 429 g/mol. The molecule has 1 unspecified atom stereocenters. The van der Waals surface area contributed by atoms with E-state index in [2.05, 4.69) is 27.8 Å². The first-order valence-electron chi connectivity index (χ1n) is 11.4. The van der Waals surface area contributed by atoms with Crippen molar-refractivity contribution >= 4 is 17.8 Å². The molecule has 1 spiro atoms. The Hall–Kier alpha value is -2.45. The average Bonchev–Trinajstić information content (AvgIpc) is 3.36. The van der Waals surface area contributed by atoms with Crippen molar-refractivity contribution in [2.75, 3.05) is 19.7 Å². The van der Waals surface area contributed by atoms with Crippen LogP contribution in [0.1, 0.15) is 56.9 Å². The SMILES string of the molecule is O=C(CCN(Cc1ccccc1)CC1CCCO1)NN1C(=O)NC2(CCCCC2)C1=O. The van der Waals surface area contributed by atoms with E-state index >= 15 is 0 Å². The number of hydrazine groups is 1. The highest BCUT2D eigenvalue weighted by molar-refractivity contribution is 6.08. The van der Waals surface area contributed by atoms with Crippen LogP contribution in [-0.2, 0) is 20.9 Å². The highest BCUT2D eigenvalue weighted by Crippen LogP contribution is 2.33. The molecule has 2 aliphatic heterocycles. The minimum atomic E-state index is -0.832. The van der Waals surface area contributed by atoms with Gasteiger partial charge >= 0.3 is 6.03 Å². The number of carbonyl (C=O) groups excluding carboxylic acids is 3. The summed E-state index contributed by atoms with van der Waals surface area (Å²) in [6.07, 6.45) is 6.63. The summed E-state index contributed by atoms with van der Waals surface area (Å²) in [6, 6.07) is 9.61. The fourth-order valence-corrected chi connectivity index (χ4v) is 4.81. The van der Waals surface area contributed by atoms with Crippen molar-refractivity contribution in [1.29, 1.82) is 0 Å². The van der Waals surface area contributed by atoms with E-state index in [1.54, 1.807) is 0 Å². The smallest absolute Gasteiger partial charge is 0.344 e. The summed E-state index contributed by atoms with van der Waals surface area (Å²) < 4.78 is 5.78. The van der Waals surface area contributed by atoms with Crippen LogP contribution in [0.5, 0.6) is 0 Å². The zero-order valence-electron chi connectivity index (χ0n) is 18.0. The molecule has 2 saturated heterocycles. The number of imide groups is 1. The quantitative estimate of drug-likeness (QED) is 0.620. The maximum absolute atomic E-state index is 12.8. The molecular weight excluding hydrogens is 396 g/mol. The summed E-state index contributed by atoms with van der Waals surface area (Å²) >= 11 is 0. The molecule has 0 aromatic heterocycles. The number of rotatable bonds is 8. The predicted octanol–water partition coefficient (Wildman–Crippen LogP) is 2.34. The molecule has 1 atom stereocenters. The second-order valence-corrected chi connectivity index (χ2v) is 8.85. The van der Waals surface area contributed by atoms with Crippen LogP contribution in [0.15, 0.2) is 30.3 Å². The Morgan fingerprint density at radius 2 is 1.94 bits per heavy atom. The van der Waals surface area contributed by atoms with E-state index in [1.165, 1.54) is 5.56 Å². The second kappa shape index (κ2) is 9.78. The van der Waals surface area contributed by atoms with E-state index in [0.717, 1.165) is 56.8 Å². The number of amides is 4. The van der Waals surface area contributed by atoms with Crippen LogP contribution in [0.3, 0.4) is 0 Å². The van der Waals surface area contributed by atoms with Crippen LogP contribution >= 0.6 is 0 Å². The molecule has 2 heterocycles. The van der Waals surface area contributed by atoms with Gasteiger partial charge in [-0.15, -0.1) is 0 Å². The number of hydrogen-bond acceptors (Lipinski definition) is 5. The van der Waals surface area contributed by atoms with Crippen LogP contribution in [0.25, 0.3) is 0 Å². The first kappa shape index (κ1) is 21.8. The fraction of sp³-hybridized carbons (Fsp3) is 0.609. The van der Waals surface area contributed by atoms with E-state index in [-0.39, 0.29) is 24.3 Å². The highest BCUT2D eigenvalue weighted by atomic mass is 16.5. The van der Waals surface area contributed by atoms with Gasteiger partial charge in [0, 0.05) is 32.7 Å². The Morgan fingerprint density at radius 3 is 2.65 bits per heavy atom. The molecule has 2 N–H and O–H groups in total. The molecule has 168 valence electrons. The van der Waals surface area contributed by atoms with Crippen LogP contribution in [-0.4, -0.2) is 59.1 Å². The van der Waals surface area contributed by atoms with Gasteiger partial charge in [-0.2, -0.15) is 5.01 Å². The summed E-state index contributed by atoms with van der Waals surface area (Å²) in [5.41, 5.74) is 2.88. The molecule has 8 nitrogen and oxygen atoms in total. The minimum absolute atomic E-state index is 0.184. The predicted molar refractivity (Wildman–Crippen MR) is 115 cm³/mol. The van der Waals surface area contributed by atoms with Gasteiger partial charge in [0.15, 0.2) is 0 Å². The van der Waals surface area contributed by atoms with Crippen molar-refractivity contribution in [3.05, 3.63) is 35.9 Å². The van der Waals surface area contributed by atoms with Gasteiger partial charge in [-0.05, 0) is 31.2 Å². The maximum Gasteiger partial charge on any atom is 0.344 e. The molecule has 4 rings (SSSR count). The second-order valence-electron chi connectivity index (χ2n) is 8.85. The first-order chi connectivity index (χ1) is 15.1. The number of ether oxygens (including phenoxy) is 1. The number of nitrogens with zero attached hydrogens (tertiary/aromatic N) is 2. The van der Waals surface area contributed by atoms with Gasteiger partial charge in [-0.1, -0.05) is 49.6 Å². The van der Waals surface area contributed by atoms with Crippen molar-refractivity contribution in [2.45, 2.75) is 69.6 Å². The standard InChI is InChI=1S/C23H32N4O4/c28-20(25-27-21(29)23(24-22(27)30)12-5-2-6-13-23)11-14-26(17-19-10-7-15-31-19)16-18-8-3-1-4-9-18/h1,3-4,8-9,19H,2,5-7,10-17H2,(H,24,30)(H,25,28). The molecule has 31 heavy (non-hydrogen) atoms. The van der Waals surface area contributed by atoms with Crippen LogP contribution in [0.4, 0.5) is 4.79 Å². The molecule has 3 fully saturated rings. The van der Waals surface area contributed by atoms with Gasteiger partial charge in [-0.3, -0.25) is 19.9 Å². The maximum atomic E-state index is 12.8. The highest BCUT2D eigenvalue weighted by Gasteiger charge is 2.52. The minimum Gasteiger partial charge on any atom is -0.377 e. The zero-order chi connectivity index (χ0) is 21.7. The Morgan fingerprint density at radius 1 is 1.16 bits per heavy atom. The van der Waals surface area contributed by atoms with Crippen molar-refractivity contribution in [1.82, 2.24) is 20.7 Å². The molecular formula is C23H32N4O4. The summed E-state index contributed by atoms with van der Waals surface area (Å²) in [6.45, 7) is 2.79. The largest absolute Gasteiger partial charge is 0.377 e. The molecule has 1 aromatic rings. The third kappa shape index (κ3) is 5.25. The number of carbonyl (C=O) groups is 3. The normalized spacial score (nSPS) is 22.9. The van der Waals surface area contributed by atoms with Gasteiger partial charge in [-0.25, -0.2) is 4.79 Å². The topological polar surface area (TPSA) is 91.0 Å². The van der Waals surface area contributed by atoms with Crippen molar-refractivity contribution in [3.8, 4) is 0 Å². The number of benzene rings is 1. The van der Waals surface area contributed by atoms with E-state index < -0.39 is 11.6 Å². The van der Waals surface area contributed by atoms with E-state index in [9.17, 15) is 14.4 Å². The van der Waals surface area contributed by atoms with Crippen molar-refractivity contribution in [2.24, 2.45) is 0 Å². The Bertz CT molecular complexity index is 788. The summed E-state index contributed by atoms with van der Waals surface area (Å²) in [4.78, 5) is 40.0. The van der Waals surface area contributed by atoms with E-state index in [0.29, 0.717) is 19.4 Å². The number of hydrogen-bond donors (Lipinski definition) is 2. The molecule has 1 saturated carbocycles. The molecule has 1 aromatic carbocycles. The summed E-state index contributed by atoms with van der Waals surface area (Å²) in [5.74, 6) is -0.659. The molecule has 3 aliphatic rings. The Labute approximate surface area is 183 Å². The van der Waals surface area contributed by atoms with Crippen LogP contribution < -0.4 is 10.7 Å². The number of urea groups is 1. The van der Waals surface area contributed by atoms with Crippen LogP contribution in [0.2, 0.25) is 0 Å². The Balaban J connectivity index is 1.32. The monoisotopic (exact) mass is 428 g/mol. The molecule has 1 aliphatic carbocycles. The third-order valence-electron chi connectivity index (χ3n) is 6.50. The molecule has 0 bridgehead atoms. The van der Waals surface area contributed by atoms with E-state index in [1.807, 2.05) is 18.2 Å². The Kier molecular flexibility index (Phi) is 6.87. The fourth-order valence-electron chi connectivity index (χ4n) is 4.81. The lowest BCUT2D eigenvalue weighted by molar-refractivity contribution is -0.140. The lowest BCUT2D eigenvalue weighted by Gasteiger charge is -2.30. The van der Waals surface area contributed by atoms with E-state index in [4.69, 9.17) is 4.74 Å². The molecule has 0 radical (unpaired) electrons.